The number of aromatic nitrogens is 3. The quantitative estimate of drug-likeness (QED) is 0.392. The Morgan fingerprint density at radius 3 is 2.67 bits per heavy atom. The Bertz CT molecular complexity index is 1190. The van der Waals surface area contributed by atoms with Crippen LogP contribution in [0.2, 0.25) is 0 Å². The van der Waals surface area contributed by atoms with Crippen molar-refractivity contribution in [1.29, 1.82) is 0 Å². The molecule has 0 amide bonds. The van der Waals surface area contributed by atoms with Crippen LogP contribution in [0.1, 0.15) is 35.2 Å². The van der Waals surface area contributed by atoms with Gasteiger partial charge in [0.15, 0.2) is 12.1 Å². The van der Waals surface area contributed by atoms with E-state index in [1.165, 1.54) is 6.92 Å². The third-order valence-electron chi connectivity index (χ3n) is 5.44. The van der Waals surface area contributed by atoms with Crippen molar-refractivity contribution >= 4 is 15.9 Å². The van der Waals surface area contributed by atoms with Gasteiger partial charge in [-0.25, -0.2) is 14.1 Å². The Labute approximate surface area is 212 Å². The molecule has 13 heteroatoms. The van der Waals surface area contributed by atoms with E-state index in [0.29, 0.717) is 6.07 Å². The van der Waals surface area contributed by atoms with Crippen LogP contribution in [0.5, 0.6) is 0 Å². The number of aliphatic hydroxyl groups excluding tert-OH is 1. The molecule has 4 atom stereocenters. The fraction of sp³-hybridized carbons (Fsp3) is 0.391. The molecular formula is C23H23BrF4N4O4. The molecule has 1 aliphatic rings. The first kappa shape index (κ1) is 26.6. The second kappa shape index (κ2) is 10.9. The summed E-state index contributed by atoms with van der Waals surface area (Å²) in [5.41, 5.74) is 4.70. The minimum Gasteiger partial charge on any atom is -0.389 e. The number of aryl methyl sites for hydroxylation is 1. The van der Waals surface area contributed by atoms with Gasteiger partial charge in [-0.1, -0.05) is 30.3 Å². The summed E-state index contributed by atoms with van der Waals surface area (Å²) in [4.78, 5) is 4.20. The Kier molecular flexibility index (Phi) is 8.07. The van der Waals surface area contributed by atoms with Crippen LogP contribution in [0.15, 0.2) is 46.9 Å². The van der Waals surface area contributed by atoms with E-state index in [4.69, 9.17) is 19.9 Å². The maximum absolute atomic E-state index is 14.0. The number of ether oxygens (including phenoxy) is 3. The van der Waals surface area contributed by atoms with Crippen LogP contribution < -0.4 is 5.73 Å². The fourth-order valence-corrected chi connectivity index (χ4v) is 4.08. The molecule has 2 aromatic carbocycles. The molecule has 2 heterocycles. The van der Waals surface area contributed by atoms with E-state index >= 15 is 0 Å². The summed E-state index contributed by atoms with van der Waals surface area (Å²) in [6.45, 7) is 1.32. The van der Waals surface area contributed by atoms with Crippen LogP contribution in [0.4, 0.5) is 17.6 Å². The highest BCUT2D eigenvalue weighted by Gasteiger charge is 2.38. The van der Waals surface area contributed by atoms with Crippen molar-refractivity contribution in [3.05, 3.63) is 75.5 Å². The average molecular weight is 575 g/mol. The predicted octanol–water partition coefficient (Wildman–Crippen LogP) is 3.99. The monoisotopic (exact) mass is 574 g/mol. The summed E-state index contributed by atoms with van der Waals surface area (Å²) < 4.78 is 73.4. The lowest BCUT2D eigenvalue weighted by molar-refractivity contribution is -0.137. The van der Waals surface area contributed by atoms with Gasteiger partial charge in [0, 0.05) is 12.1 Å². The first-order valence-electron chi connectivity index (χ1n) is 10.9. The van der Waals surface area contributed by atoms with Gasteiger partial charge in [0.2, 0.25) is 0 Å². The maximum Gasteiger partial charge on any atom is 0.418 e. The minimum absolute atomic E-state index is 0.0732. The van der Waals surface area contributed by atoms with Crippen molar-refractivity contribution in [3.63, 3.8) is 0 Å². The molecule has 1 aromatic heterocycles. The van der Waals surface area contributed by atoms with Crippen LogP contribution >= 0.6 is 15.9 Å². The van der Waals surface area contributed by atoms with Gasteiger partial charge in [0.25, 0.3) is 0 Å². The number of halogens is 5. The number of rotatable bonds is 8. The number of nitrogens with zero attached hydrogens (tertiary/aromatic N) is 3. The highest BCUT2D eigenvalue weighted by Crippen LogP contribution is 2.38. The fourth-order valence-electron chi connectivity index (χ4n) is 3.74. The molecule has 8 nitrogen and oxygen atoms in total. The van der Waals surface area contributed by atoms with E-state index in [-0.39, 0.29) is 35.9 Å². The number of hydrogen-bond acceptors (Lipinski definition) is 7. The summed E-state index contributed by atoms with van der Waals surface area (Å²) in [5.74, 6) is -1.11. The third kappa shape index (κ3) is 5.76. The van der Waals surface area contributed by atoms with E-state index in [1.54, 1.807) is 0 Å². The molecule has 36 heavy (non-hydrogen) atoms. The predicted molar refractivity (Wildman–Crippen MR) is 123 cm³/mol. The Hall–Kier alpha value is -2.42. The molecule has 194 valence electrons. The van der Waals surface area contributed by atoms with Crippen LogP contribution in [0, 0.1) is 12.7 Å². The molecular weight excluding hydrogens is 552 g/mol. The van der Waals surface area contributed by atoms with Crippen molar-refractivity contribution in [3.8, 4) is 5.69 Å². The Morgan fingerprint density at radius 1 is 1.28 bits per heavy atom. The Morgan fingerprint density at radius 2 is 2.00 bits per heavy atom. The zero-order valence-electron chi connectivity index (χ0n) is 19.0. The molecule has 0 aliphatic carbocycles. The first-order valence-corrected chi connectivity index (χ1v) is 11.7. The van der Waals surface area contributed by atoms with Gasteiger partial charge in [-0.3, -0.25) is 0 Å². The molecule has 3 unspecified atom stereocenters. The smallest absolute Gasteiger partial charge is 0.389 e. The minimum atomic E-state index is -4.89. The summed E-state index contributed by atoms with van der Waals surface area (Å²) >= 11 is 2.92. The molecule has 3 aromatic rings. The van der Waals surface area contributed by atoms with Gasteiger partial charge in [-0.2, -0.15) is 18.3 Å². The maximum atomic E-state index is 14.0. The summed E-state index contributed by atoms with van der Waals surface area (Å²) in [6, 6.07) is 10.6. The Balaban J connectivity index is 1.62. The summed E-state index contributed by atoms with van der Waals surface area (Å²) in [7, 11) is 0. The summed E-state index contributed by atoms with van der Waals surface area (Å²) in [6.07, 6.45) is -8.61. The third-order valence-corrected chi connectivity index (χ3v) is 6.05. The van der Waals surface area contributed by atoms with Gasteiger partial charge in [0.1, 0.15) is 23.8 Å². The van der Waals surface area contributed by atoms with Crippen LogP contribution in [-0.2, 0) is 20.4 Å². The van der Waals surface area contributed by atoms with E-state index in [2.05, 4.69) is 26.0 Å². The second-order valence-electron chi connectivity index (χ2n) is 8.10. The van der Waals surface area contributed by atoms with E-state index in [0.717, 1.165) is 16.3 Å². The molecule has 0 bridgehead atoms. The molecule has 1 saturated heterocycles. The van der Waals surface area contributed by atoms with Crippen molar-refractivity contribution < 1.29 is 36.9 Å². The molecule has 0 radical (unpaired) electrons. The van der Waals surface area contributed by atoms with Gasteiger partial charge in [0.05, 0.1) is 35.0 Å². The lowest BCUT2D eigenvalue weighted by Gasteiger charge is -2.24. The van der Waals surface area contributed by atoms with Gasteiger partial charge in [-0.05, 0) is 35.0 Å². The lowest BCUT2D eigenvalue weighted by Crippen LogP contribution is -2.33. The van der Waals surface area contributed by atoms with E-state index in [1.807, 2.05) is 30.3 Å². The number of benzene rings is 2. The molecule has 0 spiro atoms. The lowest BCUT2D eigenvalue weighted by atomic mass is 10.1. The summed E-state index contributed by atoms with van der Waals surface area (Å²) in [5, 5.41) is 14.7. The zero-order valence-corrected chi connectivity index (χ0v) is 20.5. The highest BCUT2D eigenvalue weighted by atomic mass is 79.9. The molecule has 4 rings (SSSR count). The normalized spacial score (nSPS) is 20.0. The highest BCUT2D eigenvalue weighted by molar-refractivity contribution is 9.10. The zero-order chi connectivity index (χ0) is 26.0. The SMILES string of the molecule is Cc1nc(C(OCC2COC(c3ccccc3)O2)[C@@H](O)CN)n(-c2cc(Br)c(F)cc2C(F)(F)F)n1. The van der Waals surface area contributed by atoms with Crippen molar-refractivity contribution in [1.82, 2.24) is 14.8 Å². The topological polar surface area (TPSA) is 105 Å². The van der Waals surface area contributed by atoms with Gasteiger partial charge >= 0.3 is 6.18 Å². The van der Waals surface area contributed by atoms with E-state index < -0.39 is 47.8 Å². The molecule has 3 N–H and O–H groups in total. The van der Waals surface area contributed by atoms with Gasteiger partial charge < -0.3 is 25.1 Å². The largest absolute Gasteiger partial charge is 0.418 e. The van der Waals surface area contributed by atoms with E-state index in [9.17, 15) is 22.7 Å². The molecule has 1 aliphatic heterocycles. The standard InChI is InChI=1S/C23H23BrF4N4O4/c1-12-30-21(32(31-12)18-8-16(24)17(25)7-15(18)23(26,27)28)20(19(33)9-29)34-10-14-11-35-22(36-14)13-5-3-2-4-6-13/h2-8,14,19-20,22,33H,9-11,29H2,1H3/t14?,19-,20?,22?/m0/s1. The van der Waals surface area contributed by atoms with Crippen molar-refractivity contribution in [2.45, 2.75) is 37.7 Å². The number of hydrogen-bond donors (Lipinski definition) is 2. The second-order valence-corrected chi connectivity index (χ2v) is 8.96. The number of aliphatic hydroxyl groups is 1. The van der Waals surface area contributed by atoms with Crippen LogP contribution in [0.3, 0.4) is 0 Å². The average Bonchev–Trinajstić information content (AvgIpc) is 3.47. The number of nitrogens with two attached hydrogens (primary N) is 1. The van der Waals surface area contributed by atoms with Gasteiger partial charge in [-0.15, -0.1) is 0 Å². The van der Waals surface area contributed by atoms with Crippen LogP contribution in [-0.4, -0.2) is 51.8 Å². The van der Waals surface area contributed by atoms with Crippen LogP contribution in [0.25, 0.3) is 5.69 Å². The number of alkyl halides is 3. The van der Waals surface area contributed by atoms with Crippen molar-refractivity contribution in [2.24, 2.45) is 5.73 Å². The molecule has 0 saturated carbocycles. The first-order chi connectivity index (χ1) is 17.1. The van der Waals surface area contributed by atoms with Crippen molar-refractivity contribution in [2.75, 3.05) is 19.8 Å². The molecule has 1 fully saturated rings.